The van der Waals surface area contributed by atoms with Crippen LogP contribution in [0.1, 0.15) is 37.7 Å². The highest BCUT2D eigenvalue weighted by molar-refractivity contribution is 5.81. The standard InChI is InChI=1S/C20H22N2O2/c23-20(17-9-3-1-4-10-17)24-19-13-7-8-16(14-19)15-21-22-18-11-5-2-6-12-18/h2,5-8,11-15,17,22H,1,3-4,9-10H2. The van der Waals surface area contributed by atoms with E-state index >= 15 is 0 Å². The van der Waals surface area contributed by atoms with Crippen molar-refractivity contribution in [2.45, 2.75) is 32.1 Å². The van der Waals surface area contributed by atoms with Gasteiger partial charge < -0.3 is 4.74 Å². The molecule has 0 bridgehead atoms. The molecule has 1 N–H and O–H groups in total. The average Bonchev–Trinajstić information content (AvgIpc) is 2.64. The Morgan fingerprint density at radius 1 is 1.04 bits per heavy atom. The monoisotopic (exact) mass is 322 g/mol. The number of esters is 1. The van der Waals surface area contributed by atoms with Crippen LogP contribution in [0, 0.1) is 5.92 Å². The van der Waals surface area contributed by atoms with Crippen molar-refractivity contribution < 1.29 is 9.53 Å². The Kier molecular flexibility index (Phi) is 5.61. The van der Waals surface area contributed by atoms with E-state index in [1.807, 2.05) is 54.6 Å². The molecule has 0 aromatic heterocycles. The van der Waals surface area contributed by atoms with Crippen LogP contribution in [0.4, 0.5) is 5.69 Å². The fourth-order valence-corrected chi connectivity index (χ4v) is 2.89. The van der Waals surface area contributed by atoms with E-state index in [-0.39, 0.29) is 11.9 Å². The zero-order valence-corrected chi connectivity index (χ0v) is 13.7. The third-order valence-corrected chi connectivity index (χ3v) is 4.20. The number of ether oxygens (including phenoxy) is 1. The predicted octanol–water partition coefficient (Wildman–Crippen LogP) is 4.62. The fraction of sp³-hybridized carbons (Fsp3) is 0.300. The number of hydrogen-bond donors (Lipinski definition) is 1. The minimum absolute atomic E-state index is 0.0517. The minimum atomic E-state index is -0.105. The number of anilines is 1. The van der Waals surface area contributed by atoms with Crippen LogP contribution in [-0.4, -0.2) is 12.2 Å². The Balaban J connectivity index is 1.58. The maximum absolute atomic E-state index is 12.2. The van der Waals surface area contributed by atoms with Crippen LogP contribution < -0.4 is 10.2 Å². The summed E-state index contributed by atoms with van der Waals surface area (Å²) in [4.78, 5) is 12.2. The van der Waals surface area contributed by atoms with E-state index in [0.29, 0.717) is 5.75 Å². The number of nitrogens with one attached hydrogen (secondary N) is 1. The summed E-state index contributed by atoms with van der Waals surface area (Å²) >= 11 is 0. The van der Waals surface area contributed by atoms with Crippen molar-refractivity contribution in [1.29, 1.82) is 0 Å². The first-order valence-corrected chi connectivity index (χ1v) is 8.47. The van der Waals surface area contributed by atoms with E-state index in [2.05, 4.69) is 10.5 Å². The molecule has 2 aromatic carbocycles. The van der Waals surface area contributed by atoms with E-state index in [0.717, 1.165) is 36.9 Å². The lowest BCUT2D eigenvalue weighted by Crippen LogP contribution is -2.22. The molecular formula is C20H22N2O2. The molecule has 1 saturated carbocycles. The predicted molar refractivity (Wildman–Crippen MR) is 96.3 cm³/mol. The first-order valence-electron chi connectivity index (χ1n) is 8.47. The zero-order valence-electron chi connectivity index (χ0n) is 13.7. The highest BCUT2D eigenvalue weighted by atomic mass is 16.5. The van der Waals surface area contributed by atoms with Crippen LogP contribution in [0.3, 0.4) is 0 Å². The van der Waals surface area contributed by atoms with Gasteiger partial charge in [0.15, 0.2) is 0 Å². The quantitative estimate of drug-likeness (QED) is 0.378. The smallest absolute Gasteiger partial charge is 0.314 e. The number of rotatable bonds is 5. The first-order chi connectivity index (χ1) is 11.8. The molecule has 4 nitrogen and oxygen atoms in total. The summed E-state index contributed by atoms with van der Waals surface area (Å²) < 4.78 is 5.54. The van der Waals surface area contributed by atoms with Crippen molar-refractivity contribution in [2.24, 2.45) is 11.0 Å². The van der Waals surface area contributed by atoms with Gasteiger partial charge in [0.25, 0.3) is 0 Å². The topological polar surface area (TPSA) is 50.7 Å². The van der Waals surface area contributed by atoms with Gasteiger partial charge in [0, 0.05) is 0 Å². The summed E-state index contributed by atoms with van der Waals surface area (Å²) in [6.45, 7) is 0. The molecule has 0 heterocycles. The molecular weight excluding hydrogens is 300 g/mol. The van der Waals surface area contributed by atoms with E-state index in [4.69, 9.17) is 4.74 Å². The number of carbonyl (C=O) groups is 1. The molecule has 4 heteroatoms. The Bertz CT molecular complexity index is 692. The summed E-state index contributed by atoms with van der Waals surface area (Å²) in [5.74, 6) is 0.524. The molecule has 24 heavy (non-hydrogen) atoms. The van der Waals surface area contributed by atoms with Gasteiger partial charge >= 0.3 is 5.97 Å². The lowest BCUT2D eigenvalue weighted by atomic mass is 9.89. The number of hydrazone groups is 1. The maximum atomic E-state index is 12.2. The van der Waals surface area contributed by atoms with Crippen LogP contribution in [0.5, 0.6) is 5.75 Å². The van der Waals surface area contributed by atoms with Gasteiger partial charge in [-0.05, 0) is 42.7 Å². The van der Waals surface area contributed by atoms with Crippen LogP contribution >= 0.6 is 0 Å². The second-order valence-corrected chi connectivity index (χ2v) is 6.06. The van der Waals surface area contributed by atoms with Gasteiger partial charge in [-0.3, -0.25) is 10.2 Å². The summed E-state index contributed by atoms with van der Waals surface area (Å²) in [6, 6.07) is 17.2. The number of hydrogen-bond acceptors (Lipinski definition) is 4. The Labute approximate surface area is 142 Å². The second kappa shape index (κ2) is 8.29. The first kappa shape index (κ1) is 16.2. The van der Waals surface area contributed by atoms with Gasteiger partial charge in [-0.25, -0.2) is 0 Å². The number of para-hydroxylation sites is 1. The molecule has 0 aliphatic heterocycles. The van der Waals surface area contributed by atoms with Gasteiger partial charge in [0.1, 0.15) is 5.75 Å². The third-order valence-electron chi connectivity index (χ3n) is 4.20. The Morgan fingerprint density at radius 2 is 1.83 bits per heavy atom. The second-order valence-electron chi connectivity index (χ2n) is 6.06. The summed E-state index contributed by atoms with van der Waals surface area (Å²) in [6.07, 6.45) is 7.08. The van der Waals surface area contributed by atoms with Gasteiger partial charge in [0.2, 0.25) is 0 Å². The molecule has 0 atom stereocenters. The van der Waals surface area contributed by atoms with Crippen molar-refractivity contribution in [3.63, 3.8) is 0 Å². The van der Waals surface area contributed by atoms with Crippen molar-refractivity contribution in [2.75, 3.05) is 5.43 Å². The van der Waals surface area contributed by atoms with E-state index in [9.17, 15) is 4.79 Å². The van der Waals surface area contributed by atoms with Crippen LogP contribution in [0.25, 0.3) is 0 Å². The fourth-order valence-electron chi connectivity index (χ4n) is 2.89. The van der Waals surface area contributed by atoms with Gasteiger partial charge in [0.05, 0.1) is 17.8 Å². The molecule has 3 rings (SSSR count). The van der Waals surface area contributed by atoms with Crippen LogP contribution in [0.15, 0.2) is 59.7 Å². The molecule has 124 valence electrons. The average molecular weight is 322 g/mol. The van der Waals surface area contributed by atoms with Gasteiger partial charge in [-0.2, -0.15) is 5.10 Å². The highest BCUT2D eigenvalue weighted by Gasteiger charge is 2.22. The van der Waals surface area contributed by atoms with Crippen molar-refractivity contribution in [1.82, 2.24) is 0 Å². The number of carbonyl (C=O) groups excluding carboxylic acids is 1. The lowest BCUT2D eigenvalue weighted by molar-refractivity contribution is -0.139. The van der Waals surface area contributed by atoms with Crippen molar-refractivity contribution >= 4 is 17.9 Å². The van der Waals surface area contributed by atoms with Crippen LogP contribution in [0.2, 0.25) is 0 Å². The summed E-state index contributed by atoms with van der Waals surface area (Å²) in [7, 11) is 0. The molecule has 1 aliphatic carbocycles. The van der Waals surface area contributed by atoms with E-state index in [1.54, 1.807) is 6.21 Å². The zero-order chi connectivity index (χ0) is 16.6. The van der Waals surface area contributed by atoms with Gasteiger partial charge in [-0.15, -0.1) is 0 Å². The molecule has 0 radical (unpaired) electrons. The number of nitrogens with zero attached hydrogens (tertiary/aromatic N) is 1. The normalized spacial score (nSPS) is 15.3. The summed E-state index contributed by atoms with van der Waals surface area (Å²) in [5.41, 5.74) is 4.77. The van der Waals surface area contributed by atoms with E-state index < -0.39 is 0 Å². The van der Waals surface area contributed by atoms with Gasteiger partial charge in [-0.1, -0.05) is 49.6 Å². The molecule has 1 aliphatic rings. The van der Waals surface area contributed by atoms with Crippen LogP contribution in [-0.2, 0) is 4.79 Å². The molecule has 0 saturated heterocycles. The van der Waals surface area contributed by atoms with Crippen molar-refractivity contribution in [3.05, 3.63) is 60.2 Å². The highest BCUT2D eigenvalue weighted by Crippen LogP contribution is 2.25. The largest absolute Gasteiger partial charge is 0.426 e. The van der Waals surface area contributed by atoms with Crippen molar-refractivity contribution in [3.8, 4) is 5.75 Å². The third kappa shape index (κ3) is 4.69. The molecule has 1 fully saturated rings. The lowest BCUT2D eigenvalue weighted by Gasteiger charge is -2.19. The summed E-state index contributed by atoms with van der Waals surface area (Å²) in [5, 5.41) is 4.21. The maximum Gasteiger partial charge on any atom is 0.314 e. The Morgan fingerprint density at radius 3 is 2.62 bits per heavy atom. The molecule has 0 spiro atoms. The molecule has 0 amide bonds. The molecule has 0 unspecified atom stereocenters. The van der Waals surface area contributed by atoms with E-state index in [1.165, 1.54) is 6.42 Å². The SMILES string of the molecule is O=C(Oc1cccc(C=NNc2ccccc2)c1)C1CCCCC1. The number of benzene rings is 2. The molecule has 2 aromatic rings. The minimum Gasteiger partial charge on any atom is -0.426 e. The Hall–Kier alpha value is -2.62.